The highest BCUT2D eigenvalue weighted by atomic mass is 35.5. The van der Waals surface area contributed by atoms with E-state index in [1.54, 1.807) is 12.1 Å². The van der Waals surface area contributed by atoms with Gasteiger partial charge < -0.3 is 10.2 Å². The highest BCUT2D eigenvalue weighted by molar-refractivity contribution is 6.29. The molecule has 17 heavy (non-hydrogen) atoms. The first-order valence-corrected chi connectivity index (χ1v) is 6.11. The van der Waals surface area contributed by atoms with Crippen LogP contribution in [-0.2, 0) is 0 Å². The van der Waals surface area contributed by atoms with Gasteiger partial charge in [-0.25, -0.2) is 4.98 Å². The largest absolute Gasteiger partial charge is 0.369 e. The van der Waals surface area contributed by atoms with Crippen molar-refractivity contribution in [1.82, 2.24) is 9.88 Å². The van der Waals surface area contributed by atoms with E-state index in [0.717, 1.165) is 26.2 Å². The number of aromatic nitrogens is 1. The minimum Gasteiger partial charge on any atom is -0.369 e. The molecular formula is C12H17ClN4. The molecule has 0 saturated carbocycles. The van der Waals surface area contributed by atoms with Crippen LogP contribution >= 0.6 is 11.6 Å². The summed E-state index contributed by atoms with van der Waals surface area (Å²) in [6.45, 7) is 8.07. The van der Waals surface area contributed by atoms with Gasteiger partial charge >= 0.3 is 0 Å². The molecule has 0 aliphatic heterocycles. The molecule has 0 aliphatic rings. The average Bonchev–Trinajstić information content (AvgIpc) is 2.34. The SMILES string of the molecule is CCN(CC)CCNc1cc(C#N)cc(Cl)n1. The zero-order chi connectivity index (χ0) is 12.7. The molecule has 0 atom stereocenters. The average molecular weight is 253 g/mol. The van der Waals surface area contributed by atoms with Crippen molar-refractivity contribution in [3.05, 3.63) is 22.8 Å². The number of pyridine rings is 1. The quantitative estimate of drug-likeness (QED) is 0.790. The number of halogens is 1. The van der Waals surface area contributed by atoms with Crippen LogP contribution < -0.4 is 5.32 Å². The monoisotopic (exact) mass is 252 g/mol. The van der Waals surface area contributed by atoms with Crippen molar-refractivity contribution in [3.8, 4) is 6.07 Å². The highest BCUT2D eigenvalue weighted by Gasteiger charge is 2.02. The standard InChI is InChI=1S/C12H17ClN4/c1-3-17(4-2)6-5-15-12-8-10(9-14)7-11(13)16-12/h7-8H,3-6H2,1-2H3,(H,15,16). The van der Waals surface area contributed by atoms with Gasteiger partial charge in [0.2, 0.25) is 0 Å². The van der Waals surface area contributed by atoms with E-state index >= 15 is 0 Å². The summed E-state index contributed by atoms with van der Waals surface area (Å²) in [6, 6.07) is 5.31. The van der Waals surface area contributed by atoms with Crippen molar-refractivity contribution in [1.29, 1.82) is 5.26 Å². The van der Waals surface area contributed by atoms with Crippen LogP contribution in [0.5, 0.6) is 0 Å². The third-order valence-electron chi connectivity index (χ3n) is 2.55. The Morgan fingerprint density at radius 1 is 1.41 bits per heavy atom. The topological polar surface area (TPSA) is 52.0 Å². The van der Waals surface area contributed by atoms with Crippen LogP contribution in [-0.4, -0.2) is 36.1 Å². The molecular weight excluding hydrogens is 236 g/mol. The van der Waals surface area contributed by atoms with Crippen molar-refractivity contribution < 1.29 is 0 Å². The minimum atomic E-state index is 0.342. The van der Waals surface area contributed by atoms with E-state index in [9.17, 15) is 0 Å². The molecule has 1 heterocycles. The van der Waals surface area contributed by atoms with Gasteiger partial charge in [-0.1, -0.05) is 25.4 Å². The molecule has 5 heteroatoms. The van der Waals surface area contributed by atoms with Gasteiger partial charge in [0.1, 0.15) is 11.0 Å². The molecule has 0 spiro atoms. The van der Waals surface area contributed by atoms with Crippen LogP contribution in [0.1, 0.15) is 19.4 Å². The smallest absolute Gasteiger partial charge is 0.132 e. The predicted molar refractivity (Wildman–Crippen MR) is 70.2 cm³/mol. The van der Waals surface area contributed by atoms with E-state index in [1.807, 2.05) is 0 Å². The van der Waals surface area contributed by atoms with Gasteiger partial charge in [-0.2, -0.15) is 5.26 Å². The van der Waals surface area contributed by atoms with E-state index in [2.05, 4.69) is 35.1 Å². The summed E-state index contributed by atoms with van der Waals surface area (Å²) in [6.07, 6.45) is 0. The maximum absolute atomic E-state index is 8.80. The van der Waals surface area contributed by atoms with E-state index in [1.165, 1.54) is 0 Å². The molecule has 0 saturated heterocycles. The van der Waals surface area contributed by atoms with Crippen LogP contribution in [0.2, 0.25) is 5.15 Å². The third-order valence-corrected chi connectivity index (χ3v) is 2.75. The summed E-state index contributed by atoms with van der Waals surface area (Å²) < 4.78 is 0. The van der Waals surface area contributed by atoms with Crippen molar-refractivity contribution in [2.45, 2.75) is 13.8 Å². The predicted octanol–water partition coefficient (Wildman–Crippen LogP) is 2.36. The normalized spacial score (nSPS) is 10.3. The lowest BCUT2D eigenvalue weighted by Crippen LogP contribution is -2.28. The molecule has 1 aromatic heterocycles. The van der Waals surface area contributed by atoms with Gasteiger partial charge in [-0.15, -0.1) is 0 Å². The first-order chi connectivity index (χ1) is 8.19. The molecule has 0 bridgehead atoms. The third kappa shape index (κ3) is 4.59. The van der Waals surface area contributed by atoms with E-state index in [4.69, 9.17) is 16.9 Å². The lowest BCUT2D eigenvalue weighted by atomic mass is 10.3. The summed E-state index contributed by atoms with van der Waals surface area (Å²) in [5.41, 5.74) is 0.523. The molecule has 0 amide bonds. The molecule has 92 valence electrons. The molecule has 0 aromatic carbocycles. The first-order valence-electron chi connectivity index (χ1n) is 5.73. The summed E-state index contributed by atoms with van der Waals surface area (Å²) in [5, 5.41) is 12.3. The van der Waals surface area contributed by atoms with Gasteiger partial charge in [0, 0.05) is 13.1 Å². The van der Waals surface area contributed by atoms with Crippen LogP contribution in [0.4, 0.5) is 5.82 Å². The number of hydrogen-bond donors (Lipinski definition) is 1. The Bertz CT molecular complexity index is 396. The van der Waals surface area contributed by atoms with Gasteiger partial charge in [0.25, 0.3) is 0 Å². The van der Waals surface area contributed by atoms with Crippen LogP contribution in [0.25, 0.3) is 0 Å². The summed E-state index contributed by atoms with van der Waals surface area (Å²) >= 11 is 5.81. The van der Waals surface area contributed by atoms with E-state index < -0.39 is 0 Å². The van der Waals surface area contributed by atoms with Crippen molar-refractivity contribution in [2.75, 3.05) is 31.5 Å². The number of likely N-dealkylation sites (N-methyl/N-ethyl adjacent to an activating group) is 1. The number of anilines is 1. The minimum absolute atomic E-state index is 0.342. The van der Waals surface area contributed by atoms with E-state index in [0.29, 0.717) is 16.5 Å². The zero-order valence-corrected chi connectivity index (χ0v) is 11.0. The Morgan fingerprint density at radius 2 is 2.12 bits per heavy atom. The molecule has 0 fully saturated rings. The van der Waals surface area contributed by atoms with Crippen molar-refractivity contribution in [3.63, 3.8) is 0 Å². The number of nitrogens with zero attached hydrogens (tertiary/aromatic N) is 3. The Kier molecular flexibility index (Phi) is 5.75. The van der Waals surface area contributed by atoms with Crippen LogP contribution in [0, 0.1) is 11.3 Å². The van der Waals surface area contributed by atoms with E-state index in [-0.39, 0.29) is 0 Å². The maximum atomic E-state index is 8.80. The van der Waals surface area contributed by atoms with Crippen LogP contribution in [0.3, 0.4) is 0 Å². The second kappa shape index (κ2) is 7.10. The fourth-order valence-corrected chi connectivity index (χ4v) is 1.74. The molecule has 0 aliphatic carbocycles. The van der Waals surface area contributed by atoms with Crippen molar-refractivity contribution in [2.24, 2.45) is 0 Å². The van der Waals surface area contributed by atoms with Gasteiger partial charge in [-0.3, -0.25) is 0 Å². The van der Waals surface area contributed by atoms with Gasteiger partial charge in [-0.05, 0) is 25.2 Å². The second-order valence-corrected chi connectivity index (χ2v) is 4.02. The fraction of sp³-hybridized carbons (Fsp3) is 0.500. The van der Waals surface area contributed by atoms with Gasteiger partial charge in [0.15, 0.2) is 0 Å². The summed E-state index contributed by atoms with van der Waals surface area (Å²) in [7, 11) is 0. The van der Waals surface area contributed by atoms with Gasteiger partial charge in [0.05, 0.1) is 11.6 Å². The Morgan fingerprint density at radius 3 is 2.71 bits per heavy atom. The molecule has 4 nitrogen and oxygen atoms in total. The Labute approximate surface area is 107 Å². The molecule has 0 radical (unpaired) electrons. The summed E-state index contributed by atoms with van der Waals surface area (Å²) in [4.78, 5) is 6.42. The number of hydrogen-bond acceptors (Lipinski definition) is 4. The van der Waals surface area contributed by atoms with Crippen molar-refractivity contribution >= 4 is 17.4 Å². The lowest BCUT2D eigenvalue weighted by molar-refractivity contribution is 0.316. The molecule has 1 N–H and O–H groups in total. The lowest BCUT2D eigenvalue weighted by Gasteiger charge is -2.18. The number of rotatable bonds is 6. The zero-order valence-electron chi connectivity index (χ0n) is 10.2. The number of nitriles is 1. The first kappa shape index (κ1) is 13.8. The Hall–Kier alpha value is -1.31. The number of nitrogens with one attached hydrogen (secondary N) is 1. The molecule has 1 aromatic rings. The molecule has 1 rings (SSSR count). The van der Waals surface area contributed by atoms with Crippen LogP contribution in [0.15, 0.2) is 12.1 Å². The maximum Gasteiger partial charge on any atom is 0.132 e. The summed E-state index contributed by atoms with van der Waals surface area (Å²) in [5.74, 6) is 0.654. The Balaban J connectivity index is 2.52. The fourth-order valence-electron chi connectivity index (χ4n) is 1.53. The second-order valence-electron chi connectivity index (χ2n) is 3.63. The molecule has 0 unspecified atom stereocenters. The highest BCUT2D eigenvalue weighted by Crippen LogP contribution is 2.13.